The Morgan fingerprint density at radius 3 is 2.75 bits per heavy atom. The number of carbonyl (C=O) groups excluding carboxylic acids is 1. The van der Waals surface area contributed by atoms with Crippen LogP contribution in [0.1, 0.15) is 17.4 Å². The molecular formula is C10H13N3O2S. The minimum atomic E-state index is -0.308. The van der Waals surface area contributed by atoms with Crippen LogP contribution >= 0.6 is 12.2 Å². The highest BCUT2D eigenvalue weighted by Crippen LogP contribution is 1.99. The van der Waals surface area contributed by atoms with E-state index in [9.17, 15) is 9.59 Å². The second-order valence-electron chi connectivity index (χ2n) is 3.21. The molecule has 0 saturated heterocycles. The average molecular weight is 239 g/mol. The van der Waals surface area contributed by atoms with Gasteiger partial charge < -0.3 is 15.6 Å². The van der Waals surface area contributed by atoms with Gasteiger partial charge in [-0.3, -0.25) is 9.59 Å². The lowest BCUT2D eigenvalue weighted by atomic mass is 10.3. The number of likely N-dealkylation sites (N-methyl/N-ethyl adjacent to an activating group) is 1. The summed E-state index contributed by atoms with van der Waals surface area (Å²) in [4.78, 5) is 27.1. The summed E-state index contributed by atoms with van der Waals surface area (Å²) >= 11 is 4.75. The summed E-state index contributed by atoms with van der Waals surface area (Å²) in [5, 5.41) is 0. The number of hydrogen-bond acceptors (Lipinski definition) is 3. The number of aromatic nitrogens is 1. The molecule has 0 aliphatic rings. The number of amides is 1. The Morgan fingerprint density at radius 1 is 1.56 bits per heavy atom. The van der Waals surface area contributed by atoms with Gasteiger partial charge >= 0.3 is 0 Å². The van der Waals surface area contributed by atoms with Gasteiger partial charge in [0, 0.05) is 12.6 Å². The molecule has 1 amide bonds. The molecule has 0 spiro atoms. The van der Waals surface area contributed by atoms with Crippen molar-refractivity contribution >= 4 is 23.1 Å². The summed E-state index contributed by atoms with van der Waals surface area (Å²) in [6, 6.07) is 4.42. The Hall–Kier alpha value is -1.69. The first-order valence-electron chi connectivity index (χ1n) is 4.81. The van der Waals surface area contributed by atoms with Gasteiger partial charge in [-0.15, -0.1) is 0 Å². The number of aromatic amines is 1. The maximum atomic E-state index is 11.9. The van der Waals surface area contributed by atoms with Crippen molar-refractivity contribution in [1.82, 2.24) is 9.88 Å². The Balaban J connectivity index is 2.91. The first kappa shape index (κ1) is 12.4. The number of nitrogens with two attached hydrogens (primary N) is 1. The molecule has 5 nitrogen and oxygen atoms in total. The number of nitrogens with one attached hydrogen (secondary N) is 1. The molecule has 0 bridgehead atoms. The molecule has 3 N–H and O–H groups in total. The molecule has 0 fully saturated rings. The Bertz CT molecular complexity index is 455. The molecule has 0 radical (unpaired) electrons. The van der Waals surface area contributed by atoms with Crippen molar-refractivity contribution in [2.75, 3.05) is 13.1 Å². The predicted molar refractivity (Wildman–Crippen MR) is 65.4 cm³/mol. The average Bonchev–Trinajstić information content (AvgIpc) is 2.24. The largest absolute Gasteiger partial charge is 0.392 e. The quantitative estimate of drug-likeness (QED) is 0.732. The normalized spacial score (nSPS) is 9.81. The molecule has 6 heteroatoms. The van der Waals surface area contributed by atoms with Crippen LogP contribution in [0.25, 0.3) is 0 Å². The van der Waals surface area contributed by atoms with E-state index < -0.39 is 0 Å². The highest BCUT2D eigenvalue weighted by molar-refractivity contribution is 7.80. The van der Waals surface area contributed by atoms with E-state index in [0.29, 0.717) is 6.54 Å². The van der Waals surface area contributed by atoms with Gasteiger partial charge in [-0.2, -0.15) is 0 Å². The Kier molecular flexibility index (Phi) is 4.19. The zero-order chi connectivity index (χ0) is 12.1. The fourth-order valence-electron chi connectivity index (χ4n) is 1.26. The highest BCUT2D eigenvalue weighted by Gasteiger charge is 2.15. The van der Waals surface area contributed by atoms with Crippen LogP contribution in [0.3, 0.4) is 0 Å². The number of rotatable bonds is 4. The zero-order valence-corrected chi connectivity index (χ0v) is 9.71. The van der Waals surface area contributed by atoms with Gasteiger partial charge in [0.05, 0.1) is 11.5 Å². The molecule has 0 aliphatic heterocycles. The molecule has 1 aromatic heterocycles. The predicted octanol–water partition coefficient (Wildman–Crippen LogP) is 0.123. The van der Waals surface area contributed by atoms with Gasteiger partial charge in [-0.1, -0.05) is 18.3 Å². The van der Waals surface area contributed by atoms with Gasteiger partial charge in [0.1, 0.15) is 5.69 Å². The van der Waals surface area contributed by atoms with E-state index in [4.69, 9.17) is 18.0 Å². The molecular weight excluding hydrogens is 226 g/mol. The van der Waals surface area contributed by atoms with Crippen LogP contribution in [0.2, 0.25) is 0 Å². The highest BCUT2D eigenvalue weighted by atomic mass is 32.1. The summed E-state index contributed by atoms with van der Waals surface area (Å²) in [5.74, 6) is -0.284. The van der Waals surface area contributed by atoms with Crippen LogP contribution in [0.4, 0.5) is 0 Å². The van der Waals surface area contributed by atoms with Crippen molar-refractivity contribution in [2.24, 2.45) is 5.73 Å². The van der Waals surface area contributed by atoms with E-state index in [0.717, 1.165) is 0 Å². The monoisotopic (exact) mass is 239 g/mol. The second kappa shape index (κ2) is 5.41. The molecule has 0 aromatic carbocycles. The smallest absolute Gasteiger partial charge is 0.270 e. The molecule has 0 saturated carbocycles. The topological polar surface area (TPSA) is 79.2 Å². The van der Waals surface area contributed by atoms with Crippen LogP contribution in [0.5, 0.6) is 0 Å². The zero-order valence-electron chi connectivity index (χ0n) is 8.90. The fourth-order valence-corrected chi connectivity index (χ4v) is 1.41. The molecule has 1 heterocycles. The molecule has 1 aromatic rings. The van der Waals surface area contributed by atoms with Crippen molar-refractivity contribution in [2.45, 2.75) is 6.92 Å². The fraction of sp³-hybridized carbons (Fsp3) is 0.300. The van der Waals surface area contributed by atoms with Crippen molar-refractivity contribution < 1.29 is 4.79 Å². The minimum Gasteiger partial charge on any atom is -0.392 e. The second-order valence-corrected chi connectivity index (χ2v) is 3.74. The standard InChI is InChI=1S/C10H13N3O2S/c1-2-13(6-8(11)16)10(15)7-4-3-5-9(14)12-7/h3-5H,2,6H2,1H3,(H2,11,16)(H,12,14). The summed E-state index contributed by atoms with van der Waals surface area (Å²) in [6.07, 6.45) is 0. The van der Waals surface area contributed by atoms with Crippen LogP contribution in [0, 0.1) is 0 Å². The van der Waals surface area contributed by atoms with E-state index in [1.165, 1.54) is 17.0 Å². The maximum Gasteiger partial charge on any atom is 0.270 e. The summed E-state index contributed by atoms with van der Waals surface area (Å²) in [6.45, 7) is 2.51. The molecule has 1 rings (SSSR count). The van der Waals surface area contributed by atoms with Gasteiger partial charge in [0.2, 0.25) is 5.56 Å². The van der Waals surface area contributed by atoms with E-state index in [1.54, 1.807) is 6.07 Å². The minimum absolute atomic E-state index is 0.210. The summed E-state index contributed by atoms with van der Waals surface area (Å²) in [5.41, 5.74) is 5.31. The van der Waals surface area contributed by atoms with E-state index in [-0.39, 0.29) is 28.7 Å². The van der Waals surface area contributed by atoms with E-state index in [2.05, 4.69) is 4.98 Å². The first-order chi connectivity index (χ1) is 7.54. The summed E-state index contributed by atoms with van der Waals surface area (Å²) < 4.78 is 0. The number of pyridine rings is 1. The lowest BCUT2D eigenvalue weighted by molar-refractivity contribution is 0.0782. The third kappa shape index (κ3) is 3.16. The molecule has 86 valence electrons. The van der Waals surface area contributed by atoms with Gasteiger partial charge in [-0.25, -0.2) is 0 Å². The van der Waals surface area contributed by atoms with Crippen molar-refractivity contribution in [1.29, 1.82) is 0 Å². The van der Waals surface area contributed by atoms with Crippen molar-refractivity contribution in [3.63, 3.8) is 0 Å². The number of H-pyrrole nitrogens is 1. The van der Waals surface area contributed by atoms with Gasteiger partial charge in [0.15, 0.2) is 0 Å². The SMILES string of the molecule is CCN(CC(N)=S)C(=O)c1cccc(=O)[nH]1. The molecule has 0 unspecified atom stereocenters. The van der Waals surface area contributed by atoms with Crippen molar-refractivity contribution in [3.05, 3.63) is 34.2 Å². The lowest BCUT2D eigenvalue weighted by Gasteiger charge is -2.19. The Morgan fingerprint density at radius 2 is 2.25 bits per heavy atom. The molecule has 16 heavy (non-hydrogen) atoms. The van der Waals surface area contributed by atoms with Crippen LogP contribution < -0.4 is 11.3 Å². The Labute approximate surface area is 98.3 Å². The summed E-state index contributed by atoms with van der Waals surface area (Å²) in [7, 11) is 0. The van der Waals surface area contributed by atoms with Gasteiger partial charge in [0.25, 0.3) is 5.91 Å². The van der Waals surface area contributed by atoms with Crippen molar-refractivity contribution in [3.8, 4) is 0 Å². The molecule has 0 aliphatic carbocycles. The van der Waals surface area contributed by atoms with E-state index >= 15 is 0 Å². The number of thiocarbonyl (C=S) groups is 1. The number of hydrogen-bond donors (Lipinski definition) is 2. The maximum absolute atomic E-state index is 11.9. The third-order valence-corrected chi connectivity index (χ3v) is 2.14. The number of nitrogens with zero attached hydrogens (tertiary/aromatic N) is 1. The third-order valence-electron chi connectivity index (χ3n) is 2.01. The molecule has 0 atom stereocenters. The van der Waals surface area contributed by atoms with Gasteiger partial charge in [-0.05, 0) is 13.0 Å². The number of carbonyl (C=O) groups is 1. The van der Waals surface area contributed by atoms with Crippen LogP contribution in [-0.2, 0) is 0 Å². The lowest BCUT2D eigenvalue weighted by Crippen LogP contribution is -2.38. The van der Waals surface area contributed by atoms with Crippen LogP contribution in [0.15, 0.2) is 23.0 Å². The van der Waals surface area contributed by atoms with E-state index in [1.807, 2.05) is 6.92 Å². The first-order valence-corrected chi connectivity index (χ1v) is 5.22. The van der Waals surface area contributed by atoms with Crippen LogP contribution in [-0.4, -0.2) is 33.9 Å².